The fraction of sp³-hybridized carbons (Fsp3) is 0.391. The monoisotopic (exact) mass is 490 g/mol. The minimum absolute atomic E-state index is 0.0133. The smallest absolute Gasteiger partial charge is 0.351 e. The molecule has 0 spiro atoms. The molecule has 2 amide bonds. The lowest BCUT2D eigenvalue weighted by Gasteiger charge is -2.34. The largest absolute Gasteiger partial charge is 0.471 e. The predicted molar refractivity (Wildman–Crippen MR) is 109 cm³/mol. The van der Waals surface area contributed by atoms with Crippen LogP contribution >= 0.6 is 0 Å². The van der Waals surface area contributed by atoms with Gasteiger partial charge in [-0.2, -0.15) is 26.3 Å². The predicted octanol–water partition coefficient (Wildman–Crippen LogP) is 5.93. The van der Waals surface area contributed by atoms with Crippen molar-refractivity contribution in [2.75, 3.05) is 4.90 Å². The van der Waals surface area contributed by atoms with E-state index in [4.69, 9.17) is 0 Å². The first-order chi connectivity index (χ1) is 15.9. The number of benzene rings is 2. The Kier molecular flexibility index (Phi) is 7.52. The lowest BCUT2D eigenvalue weighted by atomic mass is 9.94. The van der Waals surface area contributed by atoms with Gasteiger partial charge < -0.3 is 5.32 Å². The van der Waals surface area contributed by atoms with Crippen LogP contribution in [-0.2, 0) is 15.8 Å². The molecule has 11 heteroatoms. The van der Waals surface area contributed by atoms with E-state index in [1.54, 1.807) is 0 Å². The van der Waals surface area contributed by atoms with Crippen LogP contribution in [0, 0.1) is 5.82 Å². The number of amides is 2. The molecule has 2 aromatic carbocycles. The summed E-state index contributed by atoms with van der Waals surface area (Å²) in [7, 11) is 0. The van der Waals surface area contributed by atoms with Gasteiger partial charge in [-0.15, -0.1) is 0 Å². The molecule has 1 aliphatic carbocycles. The molecular formula is C23H21F7N2O2. The van der Waals surface area contributed by atoms with Crippen molar-refractivity contribution in [1.82, 2.24) is 5.32 Å². The highest BCUT2D eigenvalue weighted by Gasteiger charge is 2.48. The average molecular weight is 490 g/mol. The molecule has 1 atom stereocenters. The van der Waals surface area contributed by atoms with Crippen molar-refractivity contribution in [1.29, 1.82) is 0 Å². The van der Waals surface area contributed by atoms with Gasteiger partial charge in [0, 0.05) is 11.7 Å². The molecule has 0 aliphatic heterocycles. The van der Waals surface area contributed by atoms with Gasteiger partial charge in [-0.25, -0.2) is 4.39 Å². The number of carbonyl (C=O) groups excluding carboxylic acids is 2. The summed E-state index contributed by atoms with van der Waals surface area (Å²) in [5.41, 5.74) is -2.26. The SMILES string of the molecule is O=C(NC1CCCCC1)C(c1ccc(F)cc1)N(C(=O)C(F)(F)F)c1cccc(C(F)(F)F)c1. The highest BCUT2D eigenvalue weighted by atomic mass is 19.4. The number of nitrogens with one attached hydrogen (secondary N) is 1. The Morgan fingerprint density at radius 3 is 2.09 bits per heavy atom. The Bertz CT molecular complexity index is 1010. The summed E-state index contributed by atoms with van der Waals surface area (Å²) in [6, 6.07) is 4.18. The molecule has 1 aliphatic rings. The first kappa shape index (κ1) is 25.5. The summed E-state index contributed by atoms with van der Waals surface area (Å²) >= 11 is 0. The molecule has 184 valence electrons. The summed E-state index contributed by atoms with van der Waals surface area (Å²) < 4.78 is 94.0. The Morgan fingerprint density at radius 2 is 1.53 bits per heavy atom. The lowest BCUT2D eigenvalue weighted by Crippen LogP contribution is -2.50. The Hall–Kier alpha value is -3.11. The van der Waals surface area contributed by atoms with Gasteiger partial charge in [0.15, 0.2) is 0 Å². The Balaban J connectivity index is 2.13. The van der Waals surface area contributed by atoms with Crippen LogP contribution in [0.2, 0.25) is 0 Å². The van der Waals surface area contributed by atoms with E-state index in [1.807, 2.05) is 0 Å². The molecule has 0 aromatic heterocycles. The second-order valence-corrected chi connectivity index (χ2v) is 8.02. The molecule has 3 rings (SSSR count). The number of hydrogen-bond donors (Lipinski definition) is 1. The van der Waals surface area contributed by atoms with Crippen molar-refractivity contribution < 1.29 is 40.3 Å². The van der Waals surface area contributed by atoms with Gasteiger partial charge in [0.25, 0.3) is 0 Å². The fourth-order valence-corrected chi connectivity index (χ4v) is 3.94. The molecule has 0 heterocycles. The topological polar surface area (TPSA) is 49.4 Å². The van der Waals surface area contributed by atoms with Crippen molar-refractivity contribution in [2.45, 2.75) is 56.5 Å². The van der Waals surface area contributed by atoms with E-state index in [0.29, 0.717) is 25.0 Å². The zero-order valence-corrected chi connectivity index (χ0v) is 17.7. The zero-order valence-electron chi connectivity index (χ0n) is 17.7. The first-order valence-electron chi connectivity index (χ1n) is 10.5. The number of rotatable bonds is 5. The van der Waals surface area contributed by atoms with E-state index in [2.05, 4.69) is 5.32 Å². The highest BCUT2D eigenvalue weighted by molar-refractivity contribution is 6.04. The molecule has 34 heavy (non-hydrogen) atoms. The lowest BCUT2D eigenvalue weighted by molar-refractivity contribution is -0.171. The molecule has 1 saturated carbocycles. The van der Waals surface area contributed by atoms with Crippen LogP contribution in [-0.4, -0.2) is 24.0 Å². The van der Waals surface area contributed by atoms with E-state index in [9.17, 15) is 40.3 Å². The number of alkyl halides is 6. The van der Waals surface area contributed by atoms with Gasteiger partial charge in [0.2, 0.25) is 5.91 Å². The van der Waals surface area contributed by atoms with Crippen molar-refractivity contribution in [2.24, 2.45) is 0 Å². The Morgan fingerprint density at radius 1 is 0.912 bits per heavy atom. The van der Waals surface area contributed by atoms with Crippen LogP contribution < -0.4 is 10.2 Å². The maximum absolute atomic E-state index is 13.6. The maximum atomic E-state index is 13.6. The summed E-state index contributed by atoms with van der Waals surface area (Å²) in [4.78, 5) is 25.7. The average Bonchev–Trinajstić information content (AvgIpc) is 2.77. The van der Waals surface area contributed by atoms with Gasteiger partial charge in [0.1, 0.15) is 11.9 Å². The van der Waals surface area contributed by atoms with Gasteiger partial charge >= 0.3 is 18.3 Å². The first-order valence-corrected chi connectivity index (χ1v) is 10.5. The van der Waals surface area contributed by atoms with E-state index in [1.165, 1.54) is 0 Å². The summed E-state index contributed by atoms with van der Waals surface area (Å²) in [5.74, 6) is -4.28. The van der Waals surface area contributed by atoms with Crippen LogP contribution in [0.5, 0.6) is 0 Å². The molecule has 0 saturated heterocycles. The molecule has 1 fully saturated rings. The normalized spacial score (nSPS) is 16.1. The van der Waals surface area contributed by atoms with Crippen LogP contribution in [0.1, 0.15) is 49.3 Å². The van der Waals surface area contributed by atoms with E-state index < -0.39 is 47.3 Å². The third-order valence-electron chi connectivity index (χ3n) is 5.56. The molecule has 4 nitrogen and oxygen atoms in total. The number of hydrogen-bond acceptors (Lipinski definition) is 2. The van der Waals surface area contributed by atoms with Crippen molar-refractivity contribution in [3.63, 3.8) is 0 Å². The third-order valence-corrected chi connectivity index (χ3v) is 5.56. The number of anilines is 1. The van der Waals surface area contributed by atoms with Crippen LogP contribution in [0.25, 0.3) is 0 Å². The second-order valence-electron chi connectivity index (χ2n) is 8.02. The maximum Gasteiger partial charge on any atom is 0.471 e. The third kappa shape index (κ3) is 6.06. The zero-order chi connectivity index (χ0) is 25.1. The summed E-state index contributed by atoms with van der Waals surface area (Å²) in [6.07, 6.45) is -6.78. The van der Waals surface area contributed by atoms with Gasteiger partial charge in [-0.1, -0.05) is 37.5 Å². The molecular weight excluding hydrogens is 469 g/mol. The number of nitrogens with zero attached hydrogens (tertiary/aromatic N) is 1. The van der Waals surface area contributed by atoms with Crippen LogP contribution in [0.15, 0.2) is 48.5 Å². The van der Waals surface area contributed by atoms with Crippen LogP contribution in [0.4, 0.5) is 36.4 Å². The summed E-state index contributed by atoms with van der Waals surface area (Å²) in [5, 5.41) is 2.62. The minimum atomic E-state index is -5.50. The fourth-order valence-electron chi connectivity index (χ4n) is 3.94. The summed E-state index contributed by atoms with van der Waals surface area (Å²) in [6.45, 7) is 0. The van der Waals surface area contributed by atoms with Crippen molar-refractivity contribution in [3.05, 3.63) is 65.5 Å². The highest BCUT2D eigenvalue weighted by Crippen LogP contribution is 2.37. The van der Waals surface area contributed by atoms with Gasteiger partial charge in [0.05, 0.1) is 5.56 Å². The second kappa shape index (κ2) is 10.0. The van der Waals surface area contributed by atoms with E-state index in [0.717, 1.165) is 55.7 Å². The molecule has 1 unspecified atom stereocenters. The van der Waals surface area contributed by atoms with Crippen molar-refractivity contribution in [3.8, 4) is 0 Å². The molecule has 0 radical (unpaired) electrons. The molecule has 2 aromatic rings. The van der Waals surface area contributed by atoms with Crippen molar-refractivity contribution >= 4 is 17.5 Å². The van der Waals surface area contributed by atoms with Crippen LogP contribution in [0.3, 0.4) is 0 Å². The number of halogens is 7. The van der Waals surface area contributed by atoms with Gasteiger partial charge in [-0.05, 0) is 48.7 Å². The standard InChI is InChI=1S/C23H21F7N2O2/c24-16-11-9-14(10-12-16)19(20(33)31-17-6-2-1-3-7-17)32(21(34)23(28,29)30)18-8-4-5-15(13-18)22(25,26)27/h4-5,8-13,17,19H,1-3,6-7H2,(H,31,33). The molecule has 0 bridgehead atoms. The van der Waals surface area contributed by atoms with E-state index >= 15 is 0 Å². The van der Waals surface area contributed by atoms with E-state index in [-0.39, 0.29) is 16.5 Å². The molecule has 1 N–H and O–H groups in total. The van der Waals surface area contributed by atoms with Gasteiger partial charge in [-0.3, -0.25) is 14.5 Å². The number of carbonyl (C=O) groups is 2. The Labute approximate surface area is 190 Å². The minimum Gasteiger partial charge on any atom is -0.351 e. The quantitative estimate of drug-likeness (QED) is 0.529.